The van der Waals surface area contributed by atoms with E-state index in [0.717, 1.165) is 12.2 Å². The van der Waals surface area contributed by atoms with Gasteiger partial charge in [-0.1, -0.05) is 18.2 Å². The molecule has 1 atom stereocenters. The Morgan fingerprint density at radius 2 is 2.11 bits per heavy atom. The molecule has 0 saturated carbocycles. The normalized spacial score (nSPS) is 11.9. The van der Waals surface area contributed by atoms with Crippen LogP contribution in [0.3, 0.4) is 0 Å². The highest BCUT2D eigenvalue weighted by molar-refractivity contribution is 5.71. The first-order chi connectivity index (χ1) is 8.63. The van der Waals surface area contributed by atoms with E-state index in [2.05, 4.69) is 23.6 Å². The van der Waals surface area contributed by atoms with E-state index in [4.69, 9.17) is 10.5 Å². The molecule has 1 aromatic carbocycles. The molecule has 0 saturated heterocycles. The van der Waals surface area contributed by atoms with Crippen molar-refractivity contribution in [3.63, 3.8) is 0 Å². The van der Waals surface area contributed by atoms with Gasteiger partial charge in [0.15, 0.2) is 0 Å². The second kappa shape index (κ2) is 7.55. The number of primary amides is 1. The van der Waals surface area contributed by atoms with Gasteiger partial charge in [0.2, 0.25) is 0 Å². The van der Waals surface area contributed by atoms with Crippen molar-refractivity contribution < 1.29 is 9.53 Å². The van der Waals surface area contributed by atoms with Gasteiger partial charge in [-0.2, -0.15) is 0 Å². The maximum Gasteiger partial charge on any atom is 0.312 e. The SMILES string of the molecule is COc1ccccc1CC(C)NCCNC(N)=O. The first kappa shape index (κ1) is 14.3. The Bertz CT molecular complexity index is 382. The molecule has 0 bridgehead atoms. The lowest BCUT2D eigenvalue weighted by molar-refractivity contribution is 0.249. The van der Waals surface area contributed by atoms with E-state index in [1.165, 1.54) is 5.56 Å². The number of methoxy groups -OCH3 is 1. The van der Waals surface area contributed by atoms with Crippen molar-refractivity contribution in [2.45, 2.75) is 19.4 Å². The standard InChI is InChI=1S/C13H21N3O2/c1-10(15-7-8-16-13(14)17)9-11-5-3-4-6-12(11)18-2/h3-6,10,15H,7-9H2,1-2H3,(H3,14,16,17). The number of rotatable bonds is 7. The average Bonchev–Trinajstić information content (AvgIpc) is 2.35. The summed E-state index contributed by atoms with van der Waals surface area (Å²) in [6.07, 6.45) is 0.876. The van der Waals surface area contributed by atoms with E-state index >= 15 is 0 Å². The fourth-order valence-corrected chi connectivity index (χ4v) is 1.78. The van der Waals surface area contributed by atoms with Crippen LogP contribution in [0.2, 0.25) is 0 Å². The van der Waals surface area contributed by atoms with Crippen molar-refractivity contribution in [3.8, 4) is 5.75 Å². The maximum atomic E-state index is 10.5. The number of para-hydroxylation sites is 1. The minimum absolute atomic E-state index is 0.302. The number of carbonyl (C=O) groups excluding carboxylic acids is 1. The number of nitrogens with two attached hydrogens (primary N) is 1. The van der Waals surface area contributed by atoms with Gasteiger partial charge in [0.05, 0.1) is 7.11 Å². The number of hydrogen-bond donors (Lipinski definition) is 3. The molecule has 0 spiro atoms. The Balaban J connectivity index is 2.35. The molecule has 0 radical (unpaired) electrons. The van der Waals surface area contributed by atoms with Crippen LogP contribution in [-0.2, 0) is 6.42 Å². The summed E-state index contributed by atoms with van der Waals surface area (Å²) in [5, 5.41) is 5.85. The summed E-state index contributed by atoms with van der Waals surface area (Å²) in [5.41, 5.74) is 6.15. The van der Waals surface area contributed by atoms with Gasteiger partial charge in [0.25, 0.3) is 0 Å². The van der Waals surface area contributed by atoms with E-state index in [-0.39, 0.29) is 0 Å². The lowest BCUT2D eigenvalue weighted by atomic mass is 10.1. The lowest BCUT2D eigenvalue weighted by Crippen LogP contribution is -2.38. The fourth-order valence-electron chi connectivity index (χ4n) is 1.78. The molecule has 0 aliphatic rings. The van der Waals surface area contributed by atoms with E-state index < -0.39 is 6.03 Å². The molecule has 0 aliphatic carbocycles. The monoisotopic (exact) mass is 251 g/mol. The van der Waals surface area contributed by atoms with Crippen molar-refractivity contribution in [1.29, 1.82) is 0 Å². The zero-order chi connectivity index (χ0) is 13.4. The van der Waals surface area contributed by atoms with Crippen molar-refractivity contribution >= 4 is 6.03 Å². The van der Waals surface area contributed by atoms with Crippen LogP contribution in [-0.4, -0.2) is 32.3 Å². The van der Waals surface area contributed by atoms with Gasteiger partial charge in [-0.3, -0.25) is 0 Å². The van der Waals surface area contributed by atoms with Crippen molar-refractivity contribution in [2.24, 2.45) is 5.73 Å². The van der Waals surface area contributed by atoms with E-state index in [1.807, 2.05) is 18.2 Å². The second-order valence-corrected chi connectivity index (χ2v) is 4.16. The fraction of sp³-hybridized carbons (Fsp3) is 0.462. The topological polar surface area (TPSA) is 76.4 Å². The van der Waals surface area contributed by atoms with E-state index in [1.54, 1.807) is 7.11 Å². The number of amides is 2. The van der Waals surface area contributed by atoms with Crippen molar-refractivity contribution in [3.05, 3.63) is 29.8 Å². The Labute approximate surface area is 108 Å². The molecule has 1 rings (SSSR count). The van der Waals surface area contributed by atoms with E-state index in [0.29, 0.717) is 19.1 Å². The summed E-state index contributed by atoms with van der Waals surface area (Å²) in [6, 6.07) is 7.77. The summed E-state index contributed by atoms with van der Waals surface area (Å²) in [7, 11) is 1.67. The molecule has 2 amide bonds. The Kier molecular flexibility index (Phi) is 6.00. The minimum atomic E-state index is -0.491. The van der Waals surface area contributed by atoms with Gasteiger partial charge in [0.1, 0.15) is 5.75 Å². The number of urea groups is 1. The highest BCUT2D eigenvalue weighted by Gasteiger charge is 2.07. The molecule has 0 aliphatic heterocycles. The third-order valence-electron chi connectivity index (χ3n) is 2.64. The highest BCUT2D eigenvalue weighted by atomic mass is 16.5. The third kappa shape index (κ3) is 5.05. The van der Waals surface area contributed by atoms with Crippen LogP contribution in [0.5, 0.6) is 5.75 Å². The van der Waals surface area contributed by atoms with Crippen molar-refractivity contribution in [2.75, 3.05) is 20.2 Å². The minimum Gasteiger partial charge on any atom is -0.496 e. The highest BCUT2D eigenvalue weighted by Crippen LogP contribution is 2.18. The predicted molar refractivity (Wildman–Crippen MR) is 71.7 cm³/mol. The molecule has 0 aromatic heterocycles. The Hall–Kier alpha value is -1.75. The quantitative estimate of drug-likeness (QED) is 0.630. The molecule has 5 nitrogen and oxygen atoms in total. The van der Waals surface area contributed by atoms with Gasteiger partial charge >= 0.3 is 6.03 Å². The zero-order valence-electron chi connectivity index (χ0n) is 10.9. The van der Waals surface area contributed by atoms with Gasteiger partial charge in [0, 0.05) is 19.1 Å². The van der Waals surface area contributed by atoms with E-state index in [9.17, 15) is 4.79 Å². The van der Waals surface area contributed by atoms with Crippen LogP contribution in [0.15, 0.2) is 24.3 Å². The summed E-state index contributed by atoms with van der Waals surface area (Å²) in [5.74, 6) is 0.904. The number of hydrogen-bond acceptors (Lipinski definition) is 3. The number of ether oxygens (including phenoxy) is 1. The molecule has 0 fully saturated rings. The molecule has 0 heterocycles. The van der Waals surface area contributed by atoms with Crippen LogP contribution >= 0.6 is 0 Å². The van der Waals surface area contributed by atoms with Crippen LogP contribution < -0.4 is 21.1 Å². The van der Waals surface area contributed by atoms with Crippen LogP contribution in [0.1, 0.15) is 12.5 Å². The predicted octanol–water partition coefficient (Wildman–Crippen LogP) is 0.884. The molecule has 1 unspecified atom stereocenters. The molecule has 5 heteroatoms. The van der Waals surface area contributed by atoms with Gasteiger partial charge in [-0.05, 0) is 25.0 Å². The molecule has 18 heavy (non-hydrogen) atoms. The zero-order valence-corrected chi connectivity index (χ0v) is 10.9. The van der Waals surface area contributed by atoms with Crippen LogP contribution in [0, 0.1) is 0 Å². The molecule has 1 aromatic rings. The van der Waals surface area contributed by atoms with Gasteiger partial charge in [-0.15, -0.1) is 0 Å². The molecular weight excluding hydrogens is 230 g/mol. The van der Waals surface area contributed by atoms with Crippen LogP contribution in [0.25, 0.3) is 0 Å². The number of carbonyl (C=O) groups is 1. The lowest BCUT2D eigenvalue weighted by Gasteiger charge is -2.15. The summed E-state index contributed by atoms with van der Waals surface area (Å²) >= 11 is 0. The van der Waals surface area contributed by atoms with Gasteiger partial charge in [-0.25, -0.2) is 4.79 Å². The maximum absolute atomic E-state index is 10.5. The second-order valence-electron chi connectivity index (χ2n) is 4.16. The summed E-state index contributed by atoms with van der Waals surface area (Å²) in [6.45, 7) is 3.32. The Morgan fingerprint density at radius 1 is 1.39 bits per heavy atom. The smallest absolute Gasteiger partial charge is 0.312 e. The first-order valence-corrected chi connectivity index (χ1v) is 6.02. The molecule has 4 N–H and O–H groups in total. The molecular formula is C13H21N3O2. The summed E-state index contributed by atoms with van der Waals surface area (Å²) < 4.78 is 5.30. The van der Waals surface area contributed by atoms with Gasteiger partial charge < -0.3 is 21.1 Å². The Morgan fingerprint density at radius 3 is 2.78 bits per heavy atom. The molecule has 100 valence electrons. The number of benzene rings is 1. The number of nitrogens with one attached hydrogen (secondary N) is 2. The third-order valence-corrected chi connectivity index (χ3v) is 2.64. The summed E-state index contributed by atoms with van der Waals surface area (Å²) in [4.78, 5) is 10.5. The largest absolute Gasteiger partial charge is 0.496 e. The van der Waals surface area contributed by atoms with Crippen LogP contribution in [0.4, 0.5) is 4.79 Å². The van der Waals surface area contributed by atoms with Crippen molar-refractivity contribution in [1.82, 2.24) is 10.6 Å². The average molecular weight is 251 g/mol. The first-order valence-electron chi connectivity index (χ1n) is 6.02.